The van der Waals surface area contributed by atoms with Gasteiger partial charge in [0.15, 0.2) is 0 Å². The number of nitrogens with two attached hydrogens (primary N) is 1. The molecule has 0 aliphatic heterocycles. The smallest absolute Gasteiger partial charge is 0.220 e. The Morgan fingerprint density at radius 1 is 1.73 bits per heavy atom. The van der Waals surface area contributed by atoms with E-state index in [9.17, 15) is 4.79 Å². The first-order valence-electron chi connectivity index (χ1n) is 5.19. The Hall–Kier alpha value is -1.36. The van der Waals surface area contributed by atoms with E-state index in [1.807, 2.05) is 6.92 Å². The third-order valence-corrected chi connectivity index (χ3v) is 2.10. The van der Waals surface area contributed by atoms with Crippen molar-refractivity contribution in [1.29, 1.82) is 0 Å². The van der Waals surface area contributed by atoms with E-state index in [2.05, 4.69) is 15.3 Å². The van der Waals surface area contributed by atoms with Crippen molar-refractivity contribution in [1.82, 2.24) is 15.3 Å². The van der Waals surface area contributed by atoms with Crippen LogP contribution in [0.5, 0.6) is 0 Å². The second-order valence-electron chi connectivity index (χ2n) is 3.64. The van der Waals surface area contributed by atoms with Gasteiger partial charge in [0.05, 0.1) is 6.33 Å². The number of imidazole rings is 1. The summed E-state index contributed by atoms with van der Waals surface area (Å²) in [7, 11) is 0. The molecule has 4 N–H and O–H groups in total. The molecular weight excluding hydrogens is 192 g/mol. The zero-order chi connectivity index (χ0) is 11.1. The number of nitrogens with one attached hydrogen (secondary N) is 2. The number of rotatable bonds is 6. The van der Waals surface area contributed by atoms with Gasteiger partial charge in [-0.05, 0) is 19.9 Å². The molecule has 0 fully saturated rings. The summed E-state index contributed by atoms with van der Waals surface area (Å²) in [6, 6.07) is 0.121. The fourth-order valence-electron chi connectivity index (χ4n) is 1.39. The number of H-pyrrole nitrogens is 1. The highest BCUT2D eigenvalue weighted by Crippen LogP contribution is 1.98. The van der Waals surface area contributed by atoms with Crippen molar-refractivity contribution in [3.05, 3.63) is 18.2 Å². The van der Waals surface area contributed by atoms with Gasteiger partial charge in [-0.2, -0.15) is 0 Å². The van der Waals surface area contributed by atoms with Crippen molar-refractivity contribution >= 4 is 5.91 Å². The molecule has 84 valence electrons. The van der Waals surface area contributed by atoms with Crippen LogP contribution in [0.25, 0.3) is 0 Å². The molecule has 1 aromatic heterocycles. The quantitative estimate of drug-likeness (QED) is 0.627. The van der Waals surface area contributed by atoms with Gasteiger partial charge in [0.1, 0.15) is 0 Å². The van der Waals surface area contributed by atoms with Gasteiger partial charge in [0, 0.05) is 30.8 Å². The first-order valence-corrected chi connectivity index (χ1v) is 5.19. The van der Waals surface area contributed by atoms with Gasteiger partial charge >= 0.3 is 0 Å². The number of hydrogen-bond acceptors (Lipinski definition) is 3. The molecule has 0 spiro atoms. The van der Waals surface area contributed by atoms with E-state index in [0.29, 0.717) is 13.0 Å². The van der Waals surface area contributed by atoms with Gasteiger partial charge < -0.3 is 16.0 Å². The summed E-state index contributed by atoms with van der Waals surface area (Å²) in [6.07, 6.45) is 5.42. The third-order valence-electron chi connectivity index (χ3n) is 2.10. The molecule has 0 unspecified atom stereocenters. The number of nitrogens with zero attached hydrogens (tertiary/aromatic N) is 1. The minimum absolute atomic E-state index is 0.0625. The van der Waals surface area contributed by atoms with E-state index in [1.54, 1.807) is 12.5 Å². The summed E-state index contributed by atoms with van der Waals surface area (Å²) in [5.41, 5.74) is 6.35. The Morgan fingerprint density at radius 2 is 2.53 bits per heavy atom. The molecule has 0 radical (unpaired) electrons. The maximum absolute atomic E-state index is 11.3. The summed E-state index contributed by atoms with van der Waals surface area (Å²) in [5.74, 6) is 0.0625. The summed E-state index contributed by atoms with van der Waals surface area (Å²) < 4.78 is 0. The molecule has 1 heterocycles. The average Bonchev–Trinajstić information content (AvgIpc) is 2.67. The van der Waals surface area contributed by atoms with Crippen LogP contribution in [0.1, 0.15) is 25.5 Å². The molecule has 0 saturated heterocycles. The molecule has 1 amide bonds. The number of carbonyl (C=O) groups excluding carboxylic acids is 1. The molecule has 0 aliphatic rings. The van der Waals surface area contributed by atoms with Crippen molar-refractivity contribution in [2.75, 3.05) is 6.54 Å². The fourth-order valence-corrected chi connectivity index (χ4v) is 1.39. The van der Waals surface area contributed by atoms with Crippen LogP contribution in [0.15, 0.2) is 12.5 Å². The number of carbonyl (C=O) groups is 1. The molecule has 0 aromatic carbocycles. The monoisotopic (exact) mass is 210 g/mol. The number of hydrogen-bond donors (Lipinski definition) is 3. The van der Waals surface area contributed by atoms with Crippen molar-refractivity contribution in [2.24, 2.45) is 5.73 Å². The first kappa shape index (κ1) is 11.7. The maximum Gasteiger partial charge on any atom is 0.220 e. The van der Waals surface area contributed by atoms with E-state index in [4.69, 9.17) is 5.73 Å². The Morgan fingerprint density at radius 3 is 3.13 bits per heavy atom. The second kappa shape index (κ2) is 6.19. The summed E-state index contributed by atoms with van der Waals surface area (Å²) in [4.78, 5) is 18.3. The maximum atomic E-state index is 11.3. The third kappa shape index (κ3) is 4.60. The summed E-state index contributed by atoms with van der Waals surface area (Å²) in [6.45, 7) is 2.53. The predicted molar refractivity (Wildman–Crippen MR) is 58.2 cm³/mol. The van der Waals surface area contributed by atoms with Crippen LogP contribution in [0.2, 0.25) is 0 Å². The molecule has 1 rings (SSSR count). The van der Waals surface area contributed by atoms with Crippen molar-refractivity contribution < 1.29 is 4.79 Å². The molecule has 0 aliphatic carbocycles. The van der Waals surface area contributed by atoms with Gasteiger partial charge in [-0.25, -0.2) is 4.98 Å². The molecular formula is C10H18N4O. The summed E-state index contributed by atoms with van der Waals surface area (Å²) >= 11 is 0. The van der Waals surface area contributed by atoms with Gasteiger partial charge in [-0.15, -0.1) is 0 Å². The molecule has 15 heavy (non-hydrogen) atoms. The van der Waals surface area contributed by atoms with E-state index in [-0.39, 0.29) is 11.9 Å². The van der Waals surface area contributed by atoms with E-state index in [0.717, 1.165) is 18.5 Å². The Labute approximate surface area is 89.5 Å². The van der Waals surface area contributed by atoms with Gasteiger partial charge in [-0.1, -0.05) is 0 Å². The van der Waals surface area contributed by atoms with Crippen LogP contribution in [-0.4, -0.2) is 28.5 Å². The van der Waals surface area contributed by atoms with E-state index in [1.165, 1.54) is 0 Å². The average molecular weight is 210 g/mol. The van der Waals surface area contributed by atoms with Crippen LogP contribution >= 0.6 is 0 Å². The number of aromatic nitrogens is 2. The fraction of sp³-hybridized carbons (Fsp3) is 0.600. The molecule has 1 aromatic rings. The van der Waals surface area contributed by atoms with Gasteiger partial charge in [0.25, 0.3) is 0 Å². The SMILES string of the molecule is C[C@H](Cc1cnc[nH]1)NC(=O)CCCN. The number of amides is 1. The highest BCUT2D eigenvalue weighted by molar-refractivity contribution is 5.76. The van der Waals surface area contributed by atoms with Crippen molar-refractivity contribution in [2.45, 2.75) is 32.2 Å². The predicted octanol–water partition coefficient (Wildman–Crippen LogP) is 0.196. The second-order valence-corrected chi connectivity index (χ2v) is 3.64. The largest absolute Gasteiger partial charge is 0.353 e. The van der Waals surface area contributed by atoms with E-state index < -0.39 is 0 Å². The van der Waals surface area contributed by atoms with E-state index >= 15 is 0 Å². The van der Waals surface area contributed by atoms with Crippen LogP contribution in [0.4, 0.5) is 0 Å². The Balaban J connectivity index is 2.23. The molecule has 0 saturated carbocycles. The minimum Gasteiger partial charge on any atom is -0.353 e. The molecule has 5 nitrogen and oxygen atoms in total. The number of aromatic amines is 1. The minimum atomic E-state index is 0.0625. The van der Waals surface area contributed by atoms with Crippen LogP contribution in [0, 0.1) is 0 Å². The van der Waals surface area contributed by atoms with Gasteiger partial charge in [-0.3, -0.25) is 4.79 Å². The molecule has 0 bridgehead atoms. The lowest BCUT2D eigenvalue weighted by Gasteiger charge is -2.12. The standard InChI is InChI=1S/C10H18N4O/c1-8(5-9-6-12-7-13-9)14-10(15)3-2-4-11/h6-8H,2-5,11H2,1H3,(H,12,13)(H,14,15)/t8-/m1/s1. The lowest BCUT2D eigenvalue weighted by atomic mass is 10.2. The van der Waals surface area contributed by atoms with Crippen molar-refractivity contribution in [3.63, 3.8) is 0 Å². The van der Waals surface area contributed by atoms with Gasteiger partial charge in [0.2, 0.25) is 5.91 Å². The zero-order valence-corrected chi connectivity index (χ0v) is 8.99. The molecule has 1 atom stereocenters. The molecule has 5 heteroatoms. The first-order chi connectivity index (χ1) is 7.22. The van der Waals surface area contributed by atoms with Crippen molar-refractivity contribution in [3.8, 4) is 0 Å². The Kier molecular flexibility index (Phi) is 4.83. The lowest BCUT2D eigenvalue weighted by molar-refractivity contribution is -0.121. The zero-order valence-electron chi connectivity index (χ0n) is 8.99. The summed E-state index contributed by atoms with van der Waals surface area (Å²) in [5, 5.41) is 2.91. The topological polar surface area (TPSA) is 83.8 Å². The Bertz CT molecular complexity index is 284. The van der Waals surface area contributed by atoms with Crippen LogP contribution in [0.3, 0.4) is 0 Å². The van der Waals surface area contributed by atoms with Crippen LogP contribution < -0.4 is 11.1 Å². The van der Waals surface area contributed by atoms with Crippen LogP contribution in [-0.2, 0) is 11.2 Å². The lowest BCUT2D eigenvalue weighted by Crippen LogP contribution is -2.34. The highest BCUT2D eigenvalue weighted by atomic mass is 16.1. The normalized spacial score (nSPS) is 12.4. The highest BCUT2D eigenvalue weighted by Gasteiger charge is 2.07.